The van der Waals surface area contributed by atoms with Crippen LogP contribution in [0.25, 0.3) is 17.2 Å². The molecule has 2 unspecified atom stereocenters. The number of cyclic esters (lactones) is 1. The molecule has 0 amide bonds. The van der Waals surface area contributed by atoms with E-state index in [1.54, 1.807) is 30.3 Å². The molecule has 2 atom stereocenters. The van der Waals surface area contributed by atoms with Crippen molar-refractivity contribution in [1.82, 2.24) is 4.98 Å². The quantitative estimate of drug-likeness (QED) is 0.297. The van der Waals surface area contributed by atoms with Crippen LogP contribution in [0.1, 0.15) is 80.5 Å². The number of aliphatic hydroxyl groups excluding tert-OH is 1. The highest BCUT2D eigenvalue weighted by molar-refractivity contribution is 5.80. The van der Waals surface area contributed by atoms with Crippen molar-refractivity contribution in [3.8, 4) is 11.1 Å². The zero-order chi connectivity index (χ0) is 28.1. The number of hydrogen-bond acceptors (Lipinski definition) is 5. The van der Waals surface area contributed by atoms with Gasteiger partial charge in [-0.3, -0.25) is 9.78 Å². The van der Waals surface area contributed by atoms with Crippen LogP contribution >= 0.6 is 0 Å². The van der Waals surface area contributed by atoms with Crippen molar-refractivity contribution in [2.24, 2.45) is 0 Å². The van der Waals surface area contributed by atoms with E-state index in [0.717, 1.165) is 39.2 Å². The van der Waals surface area contributed by atoms with E-state index in [-0.39, 0.29) is 43.1 Å². The first-order chi connectivity index (χ1) is 18.6. The van der Waals surface area contributed by atoms with Gasteiger partial charge in [0.2, 0.25) is 0 Å². The molecule has 39 heavy (non-hydrogen) atoms. The molecule has 2 aromatic carbocycles. The lowest BCUT2D eigenvalue weighted by atomic mass is 9.87. The molecular weight excluding hydrogens is 500 g/mol. The van der Waals surface area contributed by atoms with Gasteiger partial charge in [-0.25, -0.2) is 8.78 Å². The van der Waals surface area contributed by atoms with Crippen LogP contribution < -0.4 is 0 Å². The fraction of sp³-hybridized carbons (Fsp3) is 0.375. The molecule has 7 heteroatoms. The summed E-state index contributed by atoms with van der Waals surface area (Å²) in [7, 11) is 0. The molecule has 2 heterocycles. The smallest absolute Gasteiger partial charge is 0.309 e. The molecule has 0 aliphatic carbocycles. The first-order valence-corrected chi connectivity index (χ1v) is 13.3. The summed E-state index contributed by atoms with van der Waals surface area (Å²) in [5, 5.41) is 10.1. The number of carbonyl (C=O) groups is 1. The van der Waals surface area contributed by atoms with Crippen LogP contribution in [-0.4, -0.2) is 28.3 Å². The number of ether oxygens (including phenoxy) is 2. The third-order valence-corrected chi connectivity index (χ3v) is 6.72. The Morgan fingerprint density at radius 1 is 0.974 bits per heavy atom. The summed E-state index contributed by atoms with van der Waals surface area (Å²) in [4.78, 5) is 17.0. The van der Waals surface area contributed by atoms with Crippen molar-refractivity contribution in [1.29, 1.82) is 0 Å². The molecule has 1 aliphatic rings. The highest BCUT2D eigenvalue weighted by Crippen LogP contribution is 2.38. The Labute approximate surface area is 228 Å². The van der Waals surface area contributed by atoms with Gasteiger partial charge in [0.25, 0.3) is 0 Å². The summed E-state index contributed by atoms with van der Waals surface area (Å²) in [5.74, 6) is -0.932. The zero-order valence-electron chi connectivity index (χ0n) is 22.8. The van der Waals surface area contributed by atoms with Crippen molar-refractivity contribution in [2.45, 2.75) is 77.8 Å². The summed E-state index contributed by atoms with van der Waals surface area (Å²) >= 11 is 0. The maximum absolute atomic E-state index is 14.0. The van der Waals surface area contributed by atoms with E-state index >= 15 is 0 Å². The third-order valence-electron chi connectivity index (χ3n) is 6.72. The fourth-order valence-corrected chi connectivity index (χ4v) is 4.84. The van der Waals surface area contributed by atoms with Crippen molar-refractivity contribution >= 4 is 12.0 Å². The van der Waals surface area contributed by atoms with Crippen LogP contribution in [0, 0.1) is 11.6 Å². The van der Waals surface area contributed by atoms with Gasteiger partial charge in [0.05, 0.1) is 31.4 Å². The normalized spacial score (nSPS) is 17.8. The van der Waals surface area contributed by atoms with Crippen molar-refractivity contribution < 1.29 is 28.2 Å². The van der Waals surface area contributed by atoms with Crippen LogP contribution in [-0.2, 0) is 27.5 Å². The van der Waals surface area contributed by atoms with Crippen molar-refractivity contribution in [2.75, 3.05) is 0 Å². The monoisotopic (exact) mass is 535 g/mol. The topological polar surface area (TPSA) is 68.7 Å². The summed E-state index contributed by atoms with van der Waals surface area (Å²) in [6, 6.07) is 12.5. The van der Waals surface area contributed by atoms with E-state index in [9.17, 15) is 18.7 Å². The average Bonchev–Trinajstić information content (AvgIpc) is 2.88. The van der Waals surface area contributed by atoms with E-state index in [4.69, 9.17) is 14.5 Å². The predicted molar refractivity (Wildman–Crippen MR) is 147 cm³/mol. The number of esters is 1. The Kier molecular flexibility index (Phi) is 9.25. The van der Waals surface area contributed by atoms with Crippen LogP contribution in [0.3, 0.4) is 0 Å². The van der Waals surface area contributed by atoms with Crippen LogP contribution in [0.4, 0.5) is 8.78 Å². The Morgan fingerprint density at radius 3 is 2.18 bits per heavy atom. The average molecular weight is 536 g/mol. The van der Waals surface area contributed by atoms with Gasteiger partial charge in [0, 0.05) is 23.2 Å². The van der Waals surface area contributed by atoms with Gasteiger partial charge in [-0.1, -0.05) is 58.0 Å². The van der Waals surface area contributed by atoms with Crippen molar-refractivity contribution in [3.05, 3.63) is 94.3 Å². The summed E-state index contributed by atoms with van der Waals surface area (Å²) < 4.78 is 38.9. The molecule has 3 aromatic rings. The number of rotatable bonds is 9. The number of carbonyl (C=O) groups excluding carboxylic acids is 1. The summed E-state index contributed by atoms with van der Waals surface area (Å²) in [6.45, 7) is 8.79. The largest absolute Gasteiger partial charge is 0.458 e. The Bertz CT molecular complexity index is 1320. The number of halogens is 2. The van der Waals surface area contributed by atoms with E-state index in [1.807, 2.05) is 6.08 Å². The van der Waals surface area contributed by atoms with Gasteiger partial charge in [0.15, 0.2) is 0 Å². The molecule has 206 valence electrons. The molecule has 0 bridgehead atoms. The molecular formula is C32H35F2NO4. The molecule has 4 rings (SSSR count). The molecule has 1 N–H and O–H groups in total. The molecule has 5 nitrogen and oxygen atoms in total. The fourth-order valence-electron chi connectivity index (χ4n) is 4.84. The van der Waals surface area contributed by atoms with E-state index in [1.165, 1.54) is 24.3 Å². The minimum atomic E-state index is -0.751. The van der Waals surface area contributed by atoms with Gasteiger partial charge in [-0.05, 0) is 58.9 Å². The van der Waals surface area contributed by atoms with Crippen LogP contribution in [0.5, 0.6) is 0 Å². The van der Waals surface area contributed by atoms with Gasteiger partial charge in [-0.15, -0.1) is 0 Å². The predicted octanol–water partition coefficient (Wildman–Crippen LogP) is 7.07. The zero-order valence-corrected chi connectivity index (χ0v) is 22.8. The van der Waals surface area contributed by atoms with E-state index in [2.05, 4.69) is 27.7 Å². The molecule has 0 saturated carbocycles. The highest BCUT2D eigenvalue weighted by atomic mass is 19.1. The maximum atomic E-state index is 14.0. The second-order valence-corrected chi connectivity index (χ2v) is 10.6. The molecule has 0 spiro atoms. The lowest BCUT2D eigenvalue weighted by molar-refractivity contribution is -0.156. The molecule has 1 saturated heterocycles. The molecule has 1 aromatic heterocycles. The van der Waals surface area contributed by atoms with Crippen LogP contribution in [0.15, 0.2) is 54.6 Å². The van der Waals surface area contributed by atoms with Gasteiger partial charge < -0.3 is 14.6 Å². The molecule has 1 fully saturated rings. The van der Waals surface area contributed by atoms with E-state index < -0.39 is 18.2 Å². The number of aromatic nitrogens is 1. The highest BCUT2D eigenvalue weighted by Gasteiger charge is 2.27. The number of aliphatic hydroxyl groups is 1. The standard InChI is InChI=1S/C32H35F2NO4/c1-19(2)31-27(14-13-26-15-25(36)16-29(37)39-26)30(22-7-11-24(34)12-8-22)28(32(35-31)20(3)4)18-38-17-21-5-9-23(33)10-6-21/h5-14,19-20,25-26,36H,15-18H2,1-4H3/b14-13+. The Hall–Kier alpha value is -3.42. The van der Waals surface area contributed by atoms with Crippen LogP contribution in [0.2, 0.25) is 0 Å². The second-order valence-electron chi connectivity index (χ2n) is 10.6. The third kappa shape index (κ3) is 7.16. The summed E-state index contributed by atoms with van der Waals surface area (Å²) in [5.41, 5.74) is 5.98. The number of nitrogens with zero attached hydrogens (tertiary/aromatic N) is 1. The Morgan fingerprint density at radius 2 is 1.59 bits per heavy atom. The Balaban J connectivity index is 1.83. The minimum absolute atomic E-state index is 0.0113. The van der Waals surface area contributed by atoms with Gasteiger partial charge in [-0.2, -0.15) is 0 Å². The maximum Gasteiger partial charge on any atom is 0.309 e. The second kappa shape index (κ2) is 12.6. The van der Waals surface area contributed by atoms with E-state index in [0.29, 0.717) is 6.42 Å². The minimum Gasteiger partial charge on any atom is -0.458 e. The number of pyridine rings is 1. The lowest BCUT2D eigenvalue weighted by Gasteiger charge is -2.25. The number of benzene rings is 2. The SMILES string of the molecule is CC(C)c1nc(C(C)C)c(COCc2ccc(F)cc2)c(-c2ccc(F)cc2)c1/C=C/C1CC(O)CC(=O)O1. The lowest BCUT2D eigenvalue weighted by Crippen LogP contribution is -2.31. The molecule has 0 radical (unpaired) electrons. The summed E-state index contributed by atoms with van der Waals surface area (Å²) in [6.07, 6.45) is 2.67. The first kappa shape index (κ1) is 28.6. The van der Waals surface area contributed by atoms with Crippen molar-refractivity contribution in [3.63, 3.8) is 0 Å². The van der Waals surface area contributed by atoms with Gasteiger partial charge in [0.1, 0.15) is 17.7 Å². The number of hydrogen-bond donors (Lipinski definition) is 1. The van der Waals surface area contributed by atoms with Gasteiger partial charge >= 0.3 is 5.97 Å². The first-order valence-electron chi connectivity index (χ1n) is 13.3. The molecule has 1 aliphatic heterocycles.